The molecule has 1 rings (SSSR count). The van der Waals surface area contributed by atoms with Gasteiger partial charge >= 0.3 is 6.09 Å². The number of aryl methyl sites for hydroxylation is 1. The summed E-state index contributed by atoms with van der Waals surface area (Å²) >= 11 is 0. The van der Waals surface area contributed by atoms with Crippen LogP contribution in [0.2, 0.25) is 0 Å². The smallest absolute Gasteiger partial charge is 0.408 e. The maximum absolute atomic E-state index is 13.7. The minimum atomic E-state index is -1.14. The quantitative estimate of drug-likeness (QED) is 0.329. The number of amides is 4. The molecule has 0 aliphatic carbocycles. The van der Waals surface area contributed by atoms with Gasteiger partial charge in [-0.15, -0.1) is 0 Å². The van der Waals surface area contributed by atoms with Crippen LogP contribution in [0.4, 0.5) is 4.79 Å². The highest BCUT2D eigenvalue weighted by molar-refractivity contribution is 5.92. The molecule has 5 N–H and O–H groups in total. The Morgan fingerprint density at radius 2 is 1.83 bits per heavy atom. The summed E-state index contributed by atoms with van der Waals surface area (Å²) in [6, 6.07) is 2.55. The van der Waals surface area contributed by atoms with E-state index in [0.717, 1.165) is 12.8 Å². The van der Waals surface area contributed by atoms with Gasteiger partial charge in [0.1, 0.15) is 23.4 Å². The third-order valence-corrected chi connectivity index (χ3v) is 5.22. The minimum absolute atomic E-state index is 0.0529. The lowest BCUT2D eigenvalue weighted by Crippen LogP contribution is -2.53. The Labute approximate surface area is 207 Å². The predicted molar refractivity (Wildman–Crippen MR) is 132 cm³/mol. The van der Waals surface area contributed by atoms with E-state index in [1.165, 1.54) is 11.0 Å². The number of ether oxygens (including phenoxy) is 1. The first kappa shape index (κ1) is 29.7. The first-order chi connectivity index (χ1) is 16.3. The fourth-order valence-corrected chi connectivity index (χ4v) is 3.47. The molecule has 0 fully saturated rings. The highest BCUT2D eigenvalue weighted by atomic mass is 16.6. The van der Waals surface area contributed by atoms with E-state index < -0.39 is 35.6 Å². The van der Waals surface area contributed by atoms with Crippen LogP contribution in [0.25, 0.3) is 0 Å². The van der Waals surface area contributed by atoms with Crippen molar-refractivity contribution in [3.63, 3.8) is 0 Å². The molecule has 4 amide bonds. The van der Waals surface area contributed by atoms with Crippen LogP contribution in [-0.2, 0) is 19.1 Å². The fourth-order valence-electron chi connectivity index (χ4n) is 3.47. The third kappa shape index (κ3) is 9.84. The Morgan fingerprint density at radius 3 is 2.34 bits per heavy atom. The molecule has 196 valence electrons. The number of likely N-dealkylation sites (N-methyl/N-ethyl adjacent to an activating group) is 1. The molecule has 0 saturated carbocycles. The molecule has 0 saturated heterocycles. The second-order valence-corrected chi connectivity index (χ2v) is 9.42. The Kier molecular flexibility index (Phi) is 11.5. The van der Waals surface area contributed by atoms with Gasteiger partial charge in [-0.3, -0.25) is 14.4 Å². The van der Waals surface area contributed by atoms with Crippen molar-refractivity contribution < 1.29 is 29.0 Å². The van der Waals surface area contributed by atoms with Crippen molar-refractivity contribution in [2.75, 3.05) is 13.1 Å². The maximum Gasteiger partial charge on any atom is 0.408 e. The first-order valence-electron chi connectivity index (χ1n) is 12.0. The Bertz CT molecular complexity index is 896. The summed E-state index contributed by atoms with van der Waals surface area (Å²) in [5.41, 5.74) is 5.55. The van der Waals surface area contributed by atoms with Crippen molar-refractivity contribution in [1.82, 2.24) is 15.5 Å². The van der Waals surface area contributed by atoms with Crippen LogP contribution < -0.4 is 16.4 Å². The molecule has 0 aromatic heterocycles. The largest absolute Gasteiger partial charge is 0.508 e. The van der Waals surface area contributed by atoms with Crippen LogP contribution in [0, 0.1) is 6.92 Å². The van der Waals surface area contributed by atoms with Crippen molar-refractivity contribution in [1.29, 1.82) is 0 Å². The standard InChI is InChI=1S/C25H40N4O6/c1-7-9-14-27-22(32)21(17-10-12-19(30)16(3)15-17)29(8-2)23(33)18(11-13-20(26)31)28-24(34)35-25(4,5)6/h10,12,15,18,21,30H,7-9,11,13-14H2,1-6H3,(H2,26,31)(H,27,32)(H,28,34). The Morgan fingerprint density at radius 1 is 1.17 bits per heavy atom. The van der Waals surface area contributed by atoms with Crippen LogP contribution in [0.1, 0.15) is 77.5 Å². The summed E-state index contributed by atoms with van der Waals surface area (Å²) in [5, 5.41) is 15.4. The number of hydrogen-bond acceptors (Lipinski definition) is 6. The number of carbonyl (C=O) groups is 4. The van der Waals surface area contributed by atoms with E-state index in [9.17, 15) is 24.3 Å². The second-order valence-electron chi connectivity index (χ2n) is 9.42. The SMILES string of the molecule is CCCCNC(=O)C(c1ccc(O)c(C)c1)N(CC)C(=O)C(CCC(N)=O)NC(=O)OC(C)(C)C. The van der Waals surface area contributed by atoms with Gasteiger partial charge in [0, 0.05) is 19.5 Å². The number of hydrogen-bond donors (Lipinski definition) is 4. The van der Waals surface area contributed by atoms with Gasteiger partial charge in [-0.2, -0.15) is 0 Å². The molecule has 0 bridgehead atoms. The van der Waals surface area contributed by atoms with Gasteiger partial charge in [-0.25, -0.2) is 4.79 Å². The number of nitrogens with zero attached hydrogens (tertiary/aromatic N) is 1. The van der Waals surface area contributed by atoms with Crippen molar-refractivity contribution in [3.05, 3.63) is 29.3 Å². The average molecular weight is 493 g/mol. The Balaban J connectivity index is 3.36. The summed E-state index contributed by atoms with van der Waals surface area (Å²) in [7, 11) is 0. The molecule has 1 aromatic rings. The number of unbranched alkanes of at least 4 members (excludes halogenated alkanes) is 1. The van der Waals surface area contributed by atoms with Crippen LogP contribution in [-0.4, -0.2) is 58.6 Å². The van der Waals surface area contributed by atoms with Crippen LogP contribution in [0.3, 0.4) is 0 Å². The number of phenols is 1. The number of benzene rings is 1. The van der Waals surface area contributed by atoms with Crippen LogP contribution >= 0.6 is 0 Å². The topological polar surface area (TPSA) is 151 Å². The molecular formula is C25H40N4O6. The minimum Gasteiger partial charge on any atom is -0.508 e. The number of alkyl carbamates (subject to hydrolysis) is 1. The number of phenolic OH excluding ortho intramolecular Hbond substituents is 1. The number of nitrogens with one attached hydrogen (secondary N) is 2. The van der Waals surface area contributed by atoms with E-state index in [1.807, 2.05) is 6.92 Å². The lowest BCUT2D eigenvalue weighted by molar-refractivity contribution is -0.142. The average Bonchev–Trinajstić information content (AvgIpc) is 2.75. The van der Waals surface area contributed by atoms with Gasteiger partial charge < -0.3 is 31.1 Å². The third-order valence-electron chi connectivity index (χ3n) is 5.22. The van der Waals surface area contributed by atoms with Crippen LogP contribution in [0.5, 0.6) is 5.75 Å². The van der Waals surface area contributed by atoms with Crippen molar-refractivity contribution in [2.24, 2.45) is 5.73 Å². The summed E-state index contributed by atoms with van der Waals surface area (Å²) in [4.78, 5) is 52.1. The van der Waals surface area contributed by atoms with E-state index >= 15 is 0 Å². The molecule has 0 aliphatic heterocycles. The van der Waals surface area contributed by atoms with Crippen molar-refractivity contribution >= 4 is 23.8 Å². The summed E-state index contributed by atoms with van der Waals surface area (Å²) in [5.74, 6) is -1.50. The van der Waals surface area contributed by atoms with Crippen molar-refractivity contribution in [2.45, 2.75) is 84.9 Å². The van der Waals surface area contributed by atoms with Crippen LogP contribution in [0.15, 0.2) is 18.2 Å². The zero-order chi connectivity index (χ0) is 26.8. The molecule has 10 heteroatoms. The number of aromatic hydroxyl groups is 1. The number of nitrogens with two attached hydrogens (primary N) is 1. The molecule has 2 atom stereocenters. The molecule has 2 unspecified atom stereocenters. The van der Waals surface area contributed by atoms with Gasteiger partial charge in [0.25, 0.3) is 0 Å². The van der Waals surface area contributed by atoms with Gasteiger partial charge in [-0.1, -0.05) is 19.4 Å². The van der Waals surface area contributed by atoms with Gasteiger partial charge in [0.15, 0.2) is 0 Å². The van der Waals surface area contributed by atoms with E-state index in [4.69, 9.17) is 10.5 Å². The second kappa shape index (κ2) is 13.6. The molecule has 35 heavy (non-hydrogen) atoms. The highest BCUT2D eigenvalue weighted by Gasteiger charge is 2.35. The van der Waals surface area contributed by atoms with Gasteiger partial charge in [-0.05, 0) is 70.7 Å². The zero-order valence-corrected chi connectivity index (χ0v) is 21.6. The molecule has 1 aromatic carbocycles. The van der Waals surface area contributed by atoms with Gasteiger partial charge in [0.05, 0.1) is 0 Å². The first-order valence-corrected chi connectivity index (χ1v) is 12.0. The normalized spacial score (nSPS) is 12.9. The van der Waals surface area contributed by atoms with Gasteiger partial charge in [0.2, 0.25) is 17.7 Å². The van der Waals surface area contributed by atoms with E-state index in [-0.39, 0.29) is 31.0 Å². The lowest BCUT2D eigenvalue weighted by Gasteiger charge is -2.34. The number of primary amides is 1. The van der Waals surface area contributed by atoms with Crippen molar-refractivity contribution in [3.8, 4) is 5.75 Å². The summed E-state index contributed by atoms with van der Waals surface area (Å²) in [6.45, 7) is 11.1. The highest BCUT2D eigenvalue weighted by Crippen LogP contribution is 2.27. The molecule has 0 aliphatic rings. The number of carbonyl (C=O) groups excluding carboxylic acids is 4. The molecule has 10 nitrogen and oxygen atoms in total. The Hall–Kier alpha value is -3.30. The molecule has 0 spiro atoms. The lowest BCUT2D eigenvalue weighted by atomic mass is 9.99. The molecule has 0 heterocycles. The predicted octanol–water partition coefficient (Wildman–Crippen LogP) is 2.67. The molecule has 0 radical (unpaired) electrons. The molecular weight excluding hydrogens is 452 g/mol. The van der Waals surface area contributed by atoms with E-state index in [1.54, 1.807) is 46.8 Å². The van der Waals surface area contributed by atoms with E-state index in [2.05, 4.69) is 10.6 Å². The zero-order valence-electron chi connectivity index (χ0n) is 21.6. The number of rotatable bonds is 12. The monoisotopic (exact) mass is 492 g/mol. The summed E-state index contributed by atoms with van der Waals surface area (Å²) < 4.78 is 5.28. The fraction of sp³-hybridized carbons (Fsp3) is 0.600. The maximum atomic E-state index is 13.7. The van der Waals surface area contributed by atoms with E-state index in [0.29, 0.717) is 17.7 Å². The summed E-state index contributed by atoms with van der Waals surface area (Å²) in [6.07, 6.45) is 0.641.